The molecular weight excluding hydrogens is 302 g/mol. The van der Waals surface area contributed by atoms with Crippen LogP contribution >= 0.6 is 15.9 Å². The van der Waals surface area contributed by atoms with Gasteiger partial charge in [0.1, 0.15) is 6.33 Å². The number of aliphatic hydroxyl groups excluding tert-OH is 1. The highest BCUT2D eigenvalue weighted by Gasteiger charge is 2.12. The molecule has 0 spiro atoms. The van der Waals surface area contributed by atoms with Gasteiger partial charge in [-0.25, -0.2) is 14.5 Å². The van der Waals surface area contributed by atoms with Crippen molar-refractivity contribution in [2.75, 3.05) is 7.11 Å². The van der Waals surface area contributed by atoms with Crippen LogP contribution in [0.3, 0.4) is 0 Å². The van der Waals surface area contributed by atoms with Crippen LogP contribution in [0.5, 0.6) is 0 Å². The molecule has 0 unspecified atom stereocenters. The van der Waals surface area contributed by atoms with Crippen molar-refractivity contribution in [3.05, 3.63) is 40.4 Å². The monoisotopic (exact) mass is 311 g/mol. The maximum Gasteiger partial charge on any atom is 0.377 e. The third-order valence-electron chi connectivity index (χ3n) is 2.33. The first kappa shape index (κ1) is 12.7. The van der Waals surface area contributed by atoms with Gasteiger partial charge in [0.15, 0.2) is 0 Å². The number of carbonyl (C=O) groups excluding carboxylic acids is 1. The zero-order valence-corrected chi connectivity index (χ0v) is 11.1. The van der Waals surface area contributed by atoms with Crippen molar-refractivity contribution in [2.45, 2.75) is 6.61 Å². The van der Waals surface area contributed by atoms with Crippen LogP contribution in [0.2, 0.25) is 0 Å². The first-order chi connectivity index (χ1) is 8.65. The molecule has 0 aliphatic rings. The molecule has 0 radical (unpaired) electrons. The van der Waals surface area contributed by atoms with Crippen LogP contribution < -0.4 is 0 Å². The predicted octanol–water partition coefficient (Wildman–Crippen LogP) is 1.31. The highest BCUT2D eigenvalue weighted by molar-refractivity contribution is 9.10. The molecule has 0 aliphatic heterocycles. The lowest BCUT2D eigenvalue weighted by Crippen LogP contribution is -2.05. The fraction of sp³-hybridized carbons (Fsp3) is 0.182. The second kappa shape index (κ2) is 5.28. The van der Waals surface area contributed by atoms with Gasteiger partial charge in [-0.05, 0) is 17.7 Å². The van der Waals surface area contributed by atoms with Crippen LogP contribution in [-0.2, 0) is 11.3 Å². The lowest BCUT2D eigenvalue weighted by atomic mass is 10.2. The minimum Gasteiger partial charge on any atom is -0.463 e. The minimum absolute atomic E-state index is 0.000132. The highest BCUT2D eigenvalue weighted by atomic mass is 79.9. The maximum absolute atomic E-state index is 11.2. The van der Waals surface area contributed by atoms with Crippen LogP contribution in [0.15, 0.2) is 29.0 Å². The lowest BCUT2D eigenvalue weighted by molar-refractivity contribution is 0.0587. The Labute approximate surface area is 111 Å². The first-order valence-electron chi connectivity index (χ1n) is 5.05. The first-order valence-corrected chi connectivity index (χ1v) is 5.84. The molecular formula is C11H10BrN3O3. The Morgan fingerprint density at radius 1 is 1.56 bits per heavy atom. The van der Waals surface area contributed by atoms with Gasteiger partial charge < -0.3 is 9.84 Å². The smallest absolute Gasteiger partial charge is 0.377 e. The van der Waals surface area contributed by atoms with Crippen molar-refractivity contribution in [2.24, 2.45) is 0 Å². The number of hydrogen-bond acceptors (Lipinski definition) is 5. The van der Waals surface area contributed by atoms with Crippen molar-refractivity contribution in [1.29, 1.82) is 0 Å². The number of rotatable bonds is 3. The summed E-state index contributed by atoms with van der Waals surface area (Å²) in [6.07, 6.45) is 1.42. The minimum atomic E-state index is -0.584. The fourth-order valence-electron chi connectivity index (χ4n) is 1.38. The van der Waals surface area contributed by atoms with Gasteiger partial charge >= 0.3 is 5.97 Å². The van der Waals surface area contributed by atoms with E-state index in [0.717, 1.165) is 15.7 Å². The van der Waals surface area contributed by atoms with Gasteiger partial charge in [0.2, 0.25) is 0 Å². The molecule has 0 saturated carbocycles. The molecule has 1 aromatic heterocycles. The largest absolute Gasteiger partial charge is 0.463 e. The number of halogens is 1. The molecule has 0 aliphatic carbocycles. The molecule has 0 atom stereocenters. The van der Waals surface area contributed by atoms with E-state index in [-0.39, 0.29) is 12.4 Å². The summed E-state index contributed by atoms with van der Waals surface area (Å²) < 4.78 is 6.74. The van der Waals surface area contributed by atoms with E-state index in [1.807, 2.05) is 0 Å². The quantitative estimate of drug-likeness (QED) is 0.865. The Hall–Kier alpha value is -1.73. The summed E-state index contributed by atoms with van der Waals surface area (Å²) in [5, 5.41) is 13.1. The summed E-state index contributed by atoms with van der Waals surface area (Å²) in [7, 11) is 1.27. The number of hydrogen-bond donors (Lipinski definition) is 1. The van der Waals surface area contributed by atoms with Crippen LogP contribution in [0.4, 0.5) is 0 Å². The van der Waals surface area contributed by atoms with E-state index in [0.29, 0.717) is 0 Å². The average molecular weight is 312 g/mol. The number of carbonyl (C=O) groups is 1. The standard InChI is InChI=1S/C11H10BrN3O3/c1-18-11(17)10-13-6-15(14-10)8-3-2-7(5-16)9(12)4-8/h2-4,6,16H,5H2,1H3. The Bertz CT molecular complexity index is 583. The second-order valence-electron chi connectivity index (χ2n) is 3.44. The number of aliphatic hydroxyl groups is 1. The van der Waals surface area contributed by atoms with E-state index in [2.05, 4.69) is 30.7 Å². The molecule has 1 heterocycles. The topological polar surface area (TPSA) is 77.2 Å². The lowest BCUT2D eigenvalue weighted by Gasteiger charge is -2.04. The summed E-state index contributed by atoms with van der Waals surface area (Å²) in [5.41, 5.74) is 1.49. The molecule has 2 aromatic rings. The number of esters is 1. The van der Waals surface area contributed by atoms with Crippen LogP contribution in [0, 0.1) is 0 Å². The molecule has 0 fully saturated rings. The van der Waals surface area contributed by atoms with E-state index in [9.17, 15) is 4.79 Å². The second-order valence-corrected chi connectivity index (χ2v) is 4.29. The van der Waals surface area contributed by atoms with Crippen molar-refractivity contribution in [1.82, 2.24) is 14.8 Å². The Morgan fingerprint density at radius 2 is 2.33 bits per heavy atom. The zero-order valence-electron chi connectivity index (χ0n) is 9.50. The summed E-state index contributed by atoms with van der Waals surface area (Å²) >= 11 is 3.34. The maximum atomic E-state index is 11.2. The molecule has 18 heavy (non-hydrogen) atoms. The van der Waals surface area contributed by atoms with E-state index < -0.39 is 5.97 Å². The van der Waals surface area contributed by atoms with Gasteiger partial charge in [-0.3, -0.25) is 0 Å². The Balaban J connectivity index is 2.34. The Morgan fingerprint density at radius 3 is 2.94 bits per heavy atom. The van der Waals surface area contributed by atoms with Crippen LogP contribution in [-0.4, -0.2) is 33.0 Å². The van der Waals surface area contributed by atoms with Gasteiger partial charge in [0.05, 0.1) is 19.4 Å². The number of nitrogens with zero attached hydrogens (tertiary/aromatic N) is 3. The zero-order chi connectivity index (χ0) is 13.1. The van der Waals surface area contributed by atoms with E-state index in [4.69, 9.17) is 5.11 Å². The van der Waals surface area contributed by atoms with E-state index >= 15 is 0 Å². The molecule has 7 heteroatoms. The third-order valence-corrected chi connectivity index (χ3v) is 3.07. The van der Waals surface area contributed by atoms with E-state index in [1.54, 1.807) is 18.2 Å². The normalized spacial score (nSPS) is 10.4. The number of methoxy groups -OCH3 is 1. The molecule has 0 amide bonds. The highest BCUT2D eigenvalue weighted by Crippen LogP contribution is 2.20. The molecule has 0 saturated heterocycles. The summed E-state index contributed by atoms with van der Waals surface area (Å²) in [4.78, 5) is 15.1. The molecule has 6 nitrogen and oxygen atoms in total. The van der Waals surface area contributed by atoms with Crippen molar-refractivity contribution in [3.63, 3.8) is 0 Å². The van der Waals surface area contributed by atoms with Gasteiger partial charge in [-0.1, -0.05) is 22.0 Å². The van der Waals surface area contributed by atoms with Crippen LogP contribution in [0.1, 0.15) is 16.2 Å². The van der Waals surface area contributed by atoms with E-state index in [1.165, 1.54) is 18.1 Å². The number of ether oxygens (including phenoxy) is 1. The molecule has 2 rings (SSSR count). The van der Waals surface area contributed by atoms with Crippen LogP contribution in [0.25, 0.3) is 5.69 Å². The molecule has 1 N–H and O–H groups in total. The van der Waals surface area contributed by atoms with Gasteiger partial charge in [-0.2, -0.15) is 0 Å². The Kier molecular flexibility index (Phi) is 3.73. The molecule has 0 bridgehead atoms. The number of benzene rings is 1. The molecule has 94 valence electrons. The van der Waals surface area contributed by atoms with Gasteiger partial charge in [0.25, 0.3) is 5.82 Å². The summed E-state index contributed by atoms with van der Waals surface area (Å²) in [6, 6.07) is 5.31. The summed E-state index contributed by atoms with van der Waals surface area (Å²) in [6.45, 7) is -0.0500. The SMILES string of the molecule is COC(=O)c1ncn(-c2ccc(CO)c(Br)c2)n1. The average Bonchev–Trinajstić information content (AvgIpc) is 2.87. The van der Waals surface area contributed by atoms with Crippen molar-refractivity contribution in [3.8, 4) is 5.69 Å². The van der Waals surface area contributed by atoms with Gasteiger partial charge in [-0.15, -0.1) is 5.10 Å². The van der Waals surface area contributed by atoms with Crippen molar-refractivity contribution >= 4 is 21.9 Å². The van der Waals surface area contributed by atoms with Crippen molar-refractivity contribution < 1.29 is 14.6 Å². The number of aromatic nitrogens is 3. The third kappa shape index (κ3) is 2.41. The fourth-order valence-corrected chi connectivity index (χ4v) is 1.87. The molecule has 1 aromatic carbocycles. The predicted molar refractivity (Wildman–Crippen MR) is 66.3 cm³/mol. The summed E-state index contributed by atoms with van der Waals surface area (Å²) in [5.74, 6) is -0.584. The van der Waals surface area contributed by atoms with Gasteiger partial charge in [0, 0.05) is 4.47 Å².